The maximum atomic E-state index is 4.31. The van der Waals surface area contributed by atoms with Crippen LogP contribution in [0.15, 0.2) is 122 Å². The molecule has 1 aromatic heterocycles. The number of hydrogen-bond donors (Lipinski definition) is 0. The summed E-state index contributed by atoms with van der Waals surface area (Å²) in [5.74, 6) is 0. The van der Waals surface area contributed by atoms with Gasteiger partial charge in [-0.3, -0.25) is 0 Å². The second kappa shape index (κ2) is 7.50. The van der Waals surface area contributed by atoms with Crippen molar-refractivity contribution in [3.63, 3.8) is 0 Å². The lowest BCUT2D eigenvalue weighted by molar-refractivity contribution is 1.17. The first-order valence-corrected chi connectivity index (χ1v) is 11.5. The topological polar surface area (TPSA) is 25.8 Å². The van der Waals surface area contributed by atoms with Gasteiger partial charge in [0.2, 0.25) is 0 Å². The summed E-state index contributed by atoms with van der Waals surface area (Å²) in [5.41, 5.74) is 4.71. The molecule has 0 bridgehead atoms. The Morgan fingerprint density at radius 1 is 0.382 bits per heavy atom. The second-order valence-electron chi connectivity index (χ2n) is 8.69. The van der Waals surface area contributed by atoms with Crippen LogP contribution in [0.2, 0.25) is 0 Å². The van der Waals surface area contributed by atoms with Crippen LogP contribution in [0.25, 0.3) is 65.3 Å². The average Bonchev–Trinajstić information content (AvgIpc) is 2.92. The Hall–Kier alpha value is -4.56. The molecule has 0 aliphatic heterocycles. The fraction of sp³-hybridized carbons (Fsp3) is 0. The molecule has 0 amide bonds. The van der Waals surface area contributed by atoms with Crippen molar-refractivity contribution in [3.8, 4) is 22.3 Å². The number of fused-ring (bicyclic) bond motifs is 5. The molecule has 7 rings (SSSR count). The molecule has 2 heteroatoms. The fourth-order valence-corrected chi connectivity index (χ4v) is 5.34. The SMILES string of the molecule is c1ccc2c(c1)ccc1ccc(-c3c4ccccc4c(-c4cncnc4)c4ccccc34)cc12. The van der Waals surface area contributed by atoms with Crippen LogP contribution in [0.3, 0.4) is 0 Å². The minimum atomic E-state index is 1.03. The van der Waals surface area contributed by atoms with Crippen LogP contribution in [0.5, 0.6) is 0 Å². The van der Waals surface area contributed by atoms with E-state index in [4.69, 9.17) is 0 Å². The van der Waals surface area contributed by atoms with Crippen LogP contribution in [0.4, 0.5) is 0 Å². The van der Waals surface area contributed by atoms with E-state index >= 15 is 0 Å². The van der Waals surface area contributed by atoms with Crippen LogP contribution < -0.4 is 0 Å². The third-order valence-electron chi connectivity index (χ3n) is 6.82. The number of aromatic nitrogens is 2. The lowest BCUT2D eigenvalue weighted by Gasteiger charge is -2.17. The predicted molar refractivity (Wildman–Crippen MR) is 143 cm³/mol. The Kier molecular flexibility index (Phi) is 4.18. The van der Waals surface area contributed by atoms with Crippen molar-refractivity contribution in [1.29, 1.82) is 0 Å². The molecule has 0 saturated heterocycles. The van der Waals surface area contributed by atoms with Gasteiger partial charge in [0.15, 0.2) is 0 Å². The number of hydrogen-bond acceptors (Lipinski definition) is 2. The van der Waals surface area contributed by atoms with Crippen LogP contribution >= 0.6 is 0 Å². The first kappa shape index (κ1) is 19.0. The number of benzene rings is 6. The summed E-state index contributed by atoms with van der Waals surface area (Å²) < 4.78 is 0. The van der Waals surface area contributed by atoms with Gasteiger partial charge >= 0.3 is 0 Å². The Balaban J connectivity index is 1.63. The molecule has 1 heterocycles. The fourth-order valence-electron chi connectivity index (χ4n) is 5.34. The van der Waals surface area contributed by atoms with Crippen LogP contribution in [-0.2, 0) is 0 Å². The summed E-state index contributed by atoms with van der Waals surface area (Å²) in [6.07, 6.45) is 5.40. The molecule has 0 aliphatic carbocycles. The van der Waals surface area contributed by atoms with Gasteiger partial charge in [-0.05, 0) is 60.3 Å². The zero-order valence-corrected chi connectivity index (χ0v) is 18.4. The van der Waals surface area contributed by atoms with Crippen molar-refractivity contribution in [3.05, 3.63) is 122 Å². The third-order valence-corrected chi connectivity index (χ3v) is 6.82. The molecule has 2 nitrogen and oxygen atoms in total. The Bertz CT molecular complexity index is 1800. The normalized spacial score (nSPS) is 11.5. The Morgan fingerprint density at radius 3 is 1.47 bits per heavy atom. The zero-order chi connectivity index (χ0) is 22.5. The summed E-state index contributed by atoms with van der Waals surface area (Å²) >= 11 is 0. The Labute approximate surface area is 197 Å². The quantitative estimate of drug-likeness (QED) is 0.202. The maximum Gasteiger partial charge on any atom is 0.115 e. The molecule has 0 aliphatic rings. The van der Waals surface area contributed by atoms with E-state index < -0.39 is 0 Å². The van der Waals surface area contributed by atoms with E-state index in [0.717, 1.165) is 5.56 Å². The molecule has 0 saturated carbocycles. The number of nitrogens with zero attached hydrogens (tertiary/aromatic N) is 2. The highest BCUT2D eigenvalue weighted by molar-refractivity contribution is 6.22. The highest BCUT2D eigenvalue weighted by atomic mass is 14.8. The molecule has 0 radical (unpaired) electrons. The van der Waals surface area contributed by atoms with E-state index in [2.05, 4.69) is 113 Å². The smallest absolute Gasteiger partial charge is 0.115 e. The van der Waals surface area contributed by atoms with Crippen molar-refractivity contribution >= 4 is 43.1 Å². The highest BCUT2D eigenvalue weighted by Crippen LogP contribution is 2.44. The van der Waals surface area contributed by atoms with Crippen molar-refractivity contribution in [2.45, 2.75) is 0 Å². The molecular formula is C32H20N2. The van der Waals surface area contributed by atoms with Gasteiger partial charge in [0.1, 0.15) is 6.33 Å². The van der Waals surface area contributed by atoms with Crippen LogP contribution in [0.1, 0.15) is 0 Å². The molecule has 0 atom stereocenters. The van der Waals surface area contributed by atoms with Crippen molar-refractivity contribution in [2.75, 3.05) is 0 Å². The summed E-state index contributed by atoms with van der Waals surface area (Å²) in [7, 11) is 0. The van der Waals surface area contributed by atoms with Gasteiger partial charge in [0, 0.05) is 23.5 Å². The van der Waals surface area contributed by atoms with E-state index in [-0.39, 0.29) is 0 Å². The Morgan fingerprint density at radius 2 is 0.853 bits per heavy atom. The van der Waals surface area contributed by atoms with E-state index in [0.29, 0.717) is 0 Å². The summed E-state index contributed by atoms with van der Waals surface area (Å²) in [5, 5.41) is 9.99. The largest absolute Gasteiger partial charge is 0.244 e. The molecule has 6 aromatic carbocycles. The van der Waals surface area contributed by atoms with E-state index in [1.165, 1.54) is 59.8 Å². The molecule has 34 heavy (non-hydrogen) atoms. The summed E-state index contributed by atoms with van der Waals surface area (Å²) in [4.78, 5) is 8.61. The van der Waals surface area contributed by atoms with E-state index in [1.54, 1.807) is 6.33 Å². The van der Waals surface area contributed by atoms with Crippen molar-refractivity contribution in [1.82, 2.24) is 9.97 Å². The predicted octanol–water partition coefficient (Wildman–Crippen LogP) is 8.42. The van der Waals surface area contributed by atoms with Crippen molar-refractivity contribution in [2.24, 2.45) is 0 Å². The summed E-state index contributed by atoms with van der Waals surface area (Å²) in [6, 6.07) is 37.3. The minimum absolute atomic E-state index is 1.03. The van der Waals surface area contributed by atoms with Gasteiger partial charge in [0.25, 0.3) is 0 Å². The zero-order valence-electron chi connectivity index (χ0n) is 18.4. The van der Waals surface area contributed by atoms with Gasteiger partial charge in [-0.25, -0.2) is 9.97 Å². The highest BCUT2D eigenvalue weighted by Gasteiger charge is 2.17. The monoisotopic (exact) mass is 432 g/mol. The van der Waals surface area contributed by atoms with Gasteiger partial charge in [-0.1, -0.05) is 97.1 Å². The molecular weight excluding hydrogens is 412 g/mol. The van der Waals surface area contributed by atoms with Gasteiger partial charge in [-0.2, -0.15) is 0 Å². The molecule has 0 unspecified atom stereocenters. The third kappa shape index (κ3) is 2.82. The van der Waals surface area contributed by atoms with Gasteiger partial charge < -0.3 is 0 Å². The lowest BCUT2D eigenvalue weighted by atomic mass is 9.86. The van der Waals surface area contributed by atoms with Crippen LogP contribution in [0, 0.1) is 0 Å². The average molecular weight is 433 g/mol. The second-order valence-corrected chi connectivity index (χ2v) is 8.69. The first-order chi connectivity index (χ1) is 16.9. The molecule has 158 valence electrons. The minimum Gasteiger partial charge on any atom is -0.244 e. The summed E-state index contributed by atoms with van der Waals surface area (Å²) in [6.45, 7) is 0. The first-order valence-electron chi connectivity index (χ1n) is 11.5. The maximum absolute atomic E-state index is 4.31. The molecule has 0 fully saturated rings. The molecule has 7 aromatic rings. The van der Waals surface area contributed by atoms with E-state index in [1.807, 2.05) is 12.4 Å². The molecule has 0 N–H and O–H groups in total. The van der Waals surface area contributed by atoms with Gasteiger partial charge in [0.05, 0.1) is 0 Å². The molecule has 0 spiro atoms. The standard InChI is InChI=1S/C32H20N2/c1-2-8-25-21(7-1)13-14-22-15-16-23(17-30(22)25)31-26-9-3-5-11-28(26)32(24-18-33-20-34-19-24)29-12-6-4-10-27(29)31/h1-20H. The van der Waals surface area contributed by atoms with Crippen molar-refractivity contribution < 1.29 is 0 Å². The number of rotatable bonds is 2. The lowest BCUT2D eigenvalue weighted by Crippen LogP contribution is -1.92. The van der Waals surface area contributed by atoms with E-state index in [9.17, 15) is 0 Å². The van der Waals surface area contributed by atoms with Crippen LogP contribution in [-0.4, -0.2) is 9.97 Å². The van der Waals surface area contributed by atoms with Gasteiger partial charge in [-0.15, -0.1) is 0 Å².